The topological polar surface area (TPSA) is 131 Å². The number of para-hydroxylation sites is 2. The maximum Gasteiger partial charge on any atom is 0.336 e. The Morgan fingerprint density at radius 2 is 1.67 bits per heavy atom. The third-order valence-electron chi connectivity index (χ3n) is 6.03. The number of hydrogen-bond acceptors (Lipinski definition) is 8. The van der Waals surface area contributed by atoms with Crippen molar-refractivity contribution in [2.24, 2.45) is 0 Å². The van der Waals surface area contributed by atoms with E-state index in [2.05, 4.69) is 15.4 Å². The van der Waals surface area contributed by atoms with E-state index in [0.29, 0.717) is 22.9 Å². The van der Waals surface area contributed by atoms with Crippen LogP contribution in [-0.4, -0.2) is 39.3 Å². The number of halogens is 1. The largest absolute Gasteiger partial charge is 0.497 e. The molecular formula is C30H24FN5O6. The van der Waals surface area contributed by atoms with Gasteiger partial charge in [0.2, 0.25) is 0 Å². The summed E-state index contributed by atoms with van der Waals surface area (Å²) in [6.07, 6.45) is 0. The Kier molecular flexibility index (Phi) is 8.33. The molecule has 12 heteroatoms. The zero-order valence-corrected chi connectivity index (χ0v) is 22.3. The third-order valence-corrected chi connectivity index (χ3v) is 6.03. The third kappa shape index (κ3) is 6.67. The minimum absolute atomic E-state index is 0.00249. The minimum atomic E-state index is -0.574. The van der Waals surface area contributed by atoms with Crippen LogP contribution in [0.25, 0.3) is 17.1 Å². The molecule has 5 aromatic rings. The summed E-state index contributed by atoms with van der Waals surface area (Å²) in [5, 5.41) is 18.4. The van der Waals surface area contributed by atoms with Gasteiger partial charge in [-0.1, -0.05) is 24.3 Å². The number of methoxy groups -OCH3 is 1. The van der Waals surface area contributed by atoms with Crippen molar-refractivity contribution in [3.8, 4) is 34.6 Å². The zero-order valence-electron chi connectivity index (χ0n) is 22.3. The Balaban J connectivity index is 1.32. The second-order valence-electron chi connectivity index (χ2n) is 8.88. The van der Waals surface area contributed by atoms with E-state index >= 15 is 0 Å². The van der Waals surface area contributed by atoms with Gasteiger partial charge in [0.1, 0.15) is 18.2 Å². The lowest BCUT2D eigenvalue weighted by Gasteiger charge is -2.10. The lowest BCUT2D eigenvalue weighted by atomic mass is 10.2. The summed E-state index contributed by atoms with van der Waals surface area (Å²) in [6, 6.07) is 26.0. The highest BCUT2D eigenvalue weighted by Gasteiger charge is 2.17. The van der Waals surface area contributed by atoms with E-state index in [9.17, 15) is 19.3 Å². The van der Waals surface area contributed by atoms with E-state index in [4.69, 9.17) is 14.2 Å². The van der Waals surface area contributed by atoms with Crippen molar-refractivity contribution < 1.29 is 28.3 Å². The number of carbonyl (C=O) groups is 1. The van der Waals surface area contributed by atoms with E-state index in [0.717, 1.165) is 11.1 Å². The summed E-state index contributed by atoms with van der Waals surface area (Å²) >= 11 is 0. The Labute approximate surface area is 239 Å². The monoisotopic (exact) mass is 569 g/mol. The van der Waals surface area contributed by atoms with Crippen LogP contribution in [0.4, 0.5) is 15.8 Å². The molecule has 0 atom stereocenters. The van der Waals surface area contributed by atoms with Crippen molar-refractivity contribution in [1.82, 2.24) is 14.8 Å². The van der Waals surface area contributed by atoms with Crippen LogP contribution < -0.4 is 19.5 Å². The first-order valence-corrected chi connectivity index (χ1v) is 12.6. The Morgan fingerprint density at radius 1 is 0.952 bits per heavy atom. The number of rotatable bonds is 11. The quantitative estimate of drug-likeness (QED) is 0.161. The number of anilines is 1. The molecule has 0 spiro atoms. The Hall–Kier alpha value is -5.78. The lowest BCUT2D eigenvalue weighted by molar-refractivity contribution is -0.385. The summed E-state index contributed by atoms with van der Waals surface area (Å²) < 4.78 is 31.3. The van der Waals surface area contributed by atoms with Gasteiger partial charge < -0.3 is 19.5 Å². The van der Waals surface area contributed by atoms with Crippen LogP contribution in [-0.2, 0) is 11.4 Å². The number of nitrogens with zero attached hydrogens (tertiary/aromatic N) is 4. The first kappa shape index (κ1) is 27.8. The summed E-state index contributed by atoms with van der Waals surface area (Å²) in [6.45, 7) is -0.266. The molecule has 1 aromatic heterocycles. The van der Waals surface area contributed by atoms with E-state index in [1.165, 1.54) is 30.3 Å². The van der Waals surface area contributed by atoms with Crippen molar-refractivity contribution >= 4 is 17.3 Å². The van der Waals surface area contributed by atoms with Gasteiger partial charge in [0.15, 0.2) is 18.2 Å². The van der Waals surface area contributed by atoms with E-state index in [1.807, 2.05) is 12.1 Å². The van der Waals surface area contributed by atoms with Gasteiger partial charge in [-0.25, -0.2) is 9.07 Å². The molecule has 0 radical (unpaired) electrons. The van der Waals surface area contributed by atoms with Gasteiger partial charge in [-0.15, -0.1) is 5.10 Å². The maximum absolute atomic E-state index is 13.3. The SMILES string of the molecule is COc1ccc(-c2nc(OCc3ccc(F)cc3)nn2-c2ccc(NC(=O)COc3ccccc3[N+](=O)[O-])cc2)cc1. The minimum Gasteiger partial charge on any atom is -0.497 e. The predicted molar refractivity (Wildman–Crippen MR) is 151 cm³/mol. The summed E-state index contributed by atoms with van der Waals surface area (Å²) in [5.41, 5.74) is 2.40. The average molecular weight is 570 g/mol. The summed E-state index contributed by atoms with van der Waals surface area (Å²) in [4.78, 5) is 27.6. The van der Waals surface area contributed by atoms with Crippen LogP contribution in [0.1, 0.15) is 5.56 Å². The van der Waals surface area contributed by atoms with Crippen molar-refractivity contribution in [2.45, 2.75) is 6.61 Å². The van der Waals surface area contributed by atoms with Crippen LogP contribution in [0, 0.1) is 15.9 Å². The van der Waals surface area contributed by atoms with Gasteiger partial charge in [-0.2, -0.15) is 4.98 Å². The molecular weight excluding hydrogens is 545 g/mol. The molecule has 0 aliphatic carbocycles. The predicted octanol–water partition coefficient (Wildman–Crippen LogP) is 5.59. The number of benzene rings is 4. The molecule has 0 bridgehead atoms. The van der Waals surface area contributed by atoms with Crippen LogP contribution in [0.15, 0.2) is 97.1 Å². The van der Waals surface area contributed by atoms with Crippen LogP contribution in [0.5, 0.6) is 17.5 Å². The lowest BCUT2D eigenvalue weighted by Crippen LogP contribution is -2.20. The molecule has 42 heavy (non-hydrogen) atoms. The number of aromatic nitrogens is 3. The summed E-state index contributed by atoms with van der Waals surface area (Å²) in [7, 11) is 1.58. The number of nitrogens with one attached hydrogen (secondary N) is 1. The maximum atomic E-state index is 13.3. The van der Waals surface area contributed by atoms with Crippen molar-refractivity contribution in [3.63, 3.8) is 0 Å². The first-order chi connectivity index (χ1) is 20.4. The molecule has 4 aromatic carbocycles. The second-order valence-corrected chi connectivity index (χ2v) is 8.88. The van der Waals surface area contributed by atoms with E-state index < -0.39 is 17.4 Å². The molecule has 5 rings (SSSR count). The highest BCUT2D eigenvalue weighted by Crippen LogP contribution is 2.27. The molecule has 1 N–H and O–H groups in total. The molecule has 0 saturated carbocycles. The van der Waals surface area contributed by atoms with Crippen molar-refractivity contribution in [3.05, 3.63) is 119 Å². The van der Waals surface area contributed by atoms with Gasteiger partial charge in [-0.05, 0) is 72.3 Å². The standard InChI is InChI=1S/C30H24FN5O6/c1-40-25-16-8-21(9-17-25)29-33-30(42-18-20-6-10-22(31)11-7-20)34-35(29)24-14-12-23(13-15-24)32-28(37)19-41-27-5-3-2-4-26(27)36(38)39/h2-17H,18-19H2,1H3,(H,32,37). The molecule has 212 valence electrons. The van der Waals surface area contributed by atoms with Gasteiger partial charge >= 0.3 is 11.7 Å². The number of ether oxygens (including phenoxy) is 3. The number of nitro groups is 1. The average Bonchev–Trinajstić information content (AvgIpc) is 3.44. The molecule has 0 saturated heterocycles. The van der Waals surface area contributed by atoms with Crippen LogP contribution in [0.3, 0.4) is 0 Å². The number of hydrogen-bond donors (Lipinski definition) is 1. The van der Waals surface area contributed by atoms with E-state index in [1.54, 1.807) is 66.4 Å². The molecule has 0 aliphatic rings. The zero-order chi connectivity index (χ0) is 29.5. The number of carbonyl (C=O) groups excluding carboxylic acids is 1. The van der Waals surface area contributed by atoms with Gasteiger partial charge in [0.05, 0.1) is 17.7 Å². The van der Waals surface area contributed by atoms with Crippen molar-refractivity contribution in [1.29, 1.82) is 0 Å². The van der Waals surface area contributed by atoms with Gasteiger partial charge in [0.25, 0.3) is 5.91 Å². The van der Waals surface area contributed by atoms with Crippen LogP contribution in [0.2, 0.25) is 0 Å². The second kappa shape index (κ2) is 12.6. The number of nitro benzene ring substituents is 1. The van der Waals surface area contributed by atoms with Crippen LogP contribution >= 0.6 is 0 Å². The van der Waals surface area contributed by atoms with Gasteiger partial charge in [-0.3, -0.25) is 14.9 Å². The highest BCUT2D eigenvalue weighted by atomic mass is 19.1. The number of amides is 1. The molecule has 11 nitrogen and oxygen atoms in total. The molecule has 0 unspecified atom stereocenters. The molecule has 0 aliphatic heterocycles. The highest BCUT2D eigenvalue weighted by molar-refractivity contribution is 5.92. The smallest absolute Gasteiger partial charge is 0.336 e. The normalized spacial score (nSPS) is 10.6. The van der Waals surface area contributed by atoms with Gasteiger partial charge in [0, 0.05) is 17.3 Å². The molecule has 0 fully saturated rings. The Morgan fingerprint density at radius 3 is 2.36 bits per heavy atom. The molecule has 1 amide bonds. The van der Waals surface area contributed by atoms with Crippen molar-refractivity contribution in [2.75, 3.05) is 19.0 Å². The fourth-order valence-electron chi connectivity index (χ4n) is 3.95. The Bertz CT molecular complexity index is 1690. The molecule has 1 heterocycles. The fourth-order valence-corrected chi connectivity index (χ4v) is 3.95. The summed E-state index contributed by atoms with van der Waals surface area (Å²) in [5.74, 6) is 0.361. The fraction of sp³-hybridized carbons (Fsp3) is 0.100. The first-order valence-electron chi connectivity index (χ1n) is 12.6. The van der Waals surface area contributed by atoms with E-state index in [-0.39, 0.29) is 29.9 Å².